The number of anilines is 1. The molecule has 148 valence electrons. The number of hydrogen-bond donors (Lipinski definition) is 2. The molecule has 1 amide bonds. The Hall–Kier alpha value is -3.29. The van der Waals surface area contributed by atoms with Crippen LogP contribution in [0.2, 0.25) is 0 Å². The van der Waals surface area contributed by atoms with Gasteiger partial charge in [-0.25, -0.2) is 9.97 Å². The summed E-state index contributed by atoms with van der Waals surface area (Å²) in [5, 5.41) is 9.48. The molecule has 0 saturated carbocycles. The lowest BCUT2D eigenvalue weighted by molar-refractivity contribution is -0.115. The van der Waals surface area contributed by atoms with Crippen molar-refractivity contribution in [2.45, 2.75) is 13.3 Å². The molecule has 0 spiro atoms. The fourth-order valence-corrected chi connectivity index (χ4v) is 5.03. The van der Waals surface area contributed by atoms with Gasteiger partial charge in [0.05, 0.1) is 17.8 Å². The first kappa shape index (κ1) is 18.7. The first-order valence-electron chi connectivity index (χ1n) is 9.50. The Morgan fingerprint density at radius 1 is 1.00 bits per heavy atom. The van der Waals surface area contributed by atoms with Gasteiger partial charge in [0.25, 0.3) is 0 Å². The number of aromatic nitrogens is 3. The van der Waals surface area contributed by atoms with E-state index < -0.39 is 0 Å². The van der Waals surface area contributed by atoms with Crippen LogP contribution in [0.15, 0.2) is 65.4 Å². The lowest BCUT2D eigenvalue weighted by Gasteiger charge is -2.00. The van der Waals surface area contributed by atoms with Crippen LogP contribution < -0.4 is 5.32 Å². The number of hydrogen-bond acceptors (Lipinski definition) is 5. The molecule has 0 atom stereocenters. The fourth-order valence-electron chi connectivity index (χ4n) is 3.48. The van der Waals surface area contributed by atoms with Crippen molar-refractivity contribution in [3.63, 3.8) is 0 Å². The fraction of sp³-hybridized carbons (Fsp3) is 0.0870. The highest BCUT2D eigenvalue weighted by Gasteiger charge is 2.15. The van der Waals surface area contributed by atoms with Crippen molar-refractivity contribution in [2.24, 2.45) is 0 Å². The summed E-state index contributed by atoms with van der Waals surface area (Å²) in [5.41, 5.74) is 5.92. The van der Waals surface area contributed by atoms with Gasteiger partial charge in [0.15, 0.2) is 5.13 Å². The highest BCUT2D eigenvalue weighted by Crippen LogP contribution is 2.34. The predicted octanol–water partition coefficient (Wildman–Crippen LogP) is 5.90. The molecular formula is C23H18N4OS2. The molecule has 0 saturated heterocycles. The quantitative estimate of drug-likeness (QED) is 0.364. The molecular weight excluding hydrogens is 412 g/mol. The Morgan fingerprint density at radius 2 is 1.80 bits per heavy atom. The molecule has 30 heavy (non-hydrogen) atoms. The van der Waals surface area contributed by atoms with Gasteiger partial charge in [-0.3, -0.25) is 4.79 Å². The van der Waals surface area contributed by atoms with E-state index >= 15 is 0 Å². The topological polar surface area (TPSA) is 70.7 Å². The summed E-state index contributed by atoms with van der Waals surface area (Å²) < 4.78 is 0. The van der Waals surface area contributed by atoms with Crippen molar-refractivity contribution >= 4 is 44.6 Å². The second-order valence-corrected chi connectivity index (χ2v) is 8.66. The van der Waals surface area contributed by atoms with Gasteiger partial charge in [-0.1, -0.05) is 48.5 Å². The zero-order chi connectivity index (χ0) is 20.5. The van der Waals surface area contributed by atoms with E-state index in [1.54, 1.807) is 11.3 Å². The van der Waals surface area contributed by atoms with Crippen molar-refractivity contribution in [3.05, 3.63) is 76.7 Å². The van der Waals surface area contributed by atoms with Crippen LogP contribution >= 0.6 is 22.7 Å². The molecule has 0 unspecified atom stereocenters. The van der Waals surface area contributed by atoms with Crippen molar-refractivity contribution < 1.29 is 4.79 Å². The van der Waals surface area contributed by atoms with Crippen molar-refractivity contribution in [1.29, 1.82) is 0 Å². The molecule has 5 aromatic rings. The smallest absolute Gasteiger partial charge is 0.232 e. The number of H-pyrrole nitrogens is 1. The standard InChI is InChI=1S/C23H18N4OS2/c1-14-21(17-9-5-6-10-18(17)24-14)19-13-30-23(26-19)27-20(28)11-16-12-29-22(25-16)15-7-3-2-4-8-15/h2-10,12-13,24H,11H2,1H3,(H,26,27,28). The van der Waals surface area contributed by atoms with Gasteiger partial charge in [-0.15, -0.1) is 22.7 Å². The highest BCUT2D eigenvalue weighted by molar-refractivity contribution is 7.14. The van der Waals surface area contributed by atoms with Crippen LogP contribution in [0.3, 0.4) is 0 Å². The van der Waals surface area contributed by atoms with Crippen LogP contribution in [0.5, 0.6) is 0 Å². The van der Waals surface area contributed by atoms with Crippen LogP contribution in [-0.2, 0) is 11.2 Å². The molecule has 0 aliphatic rings. The molecule has 2 N–H and O–H groups in total. The number of amides is 1. The number of nitrogens with one attached hydrogen (secondary N) is 2. The van der Waals surface area contributed by atoms with Gasteiger partial charge in [-0.05, 0) is 13.0 Å². The van der Waals surface area contributed by atoms with Crippen LogP contribution in [0.25, 0.3) is 32.7 Å². The predicted molar refractivity (Wildman–Crippen MR) is 124 cm³/mol. The largest absolute Gasteiger partial charge is 0.358 e. The number of benzene rings is 2. The van der Waals surface area contributed by atoms with Gasteiger partial charge in [0, 0.05) is 38.5 Å². The maximum absolute atomic E-state index is 12.5. The minimum Gasteiger partial charge on any atom is -0.358 e. The number of para-hydroxylation sites is 1. The molecule has 0 aliphatic heterocycles. The molecule has 0 radical (unpaired) electrons. The zero-order valence-corrected chi connectivity index (χ0v) is 17.8. The second-order valence-electron chi connectivity index (χ2n) is 6.94. The number of aromatic amines is 1. The van der Waals surface area contributed by atoms with E-state index in [4.69, 9.17) is 0 Å². The molecule has 5 rings (SSSR count). The molecule has 0 fully saturated rings. The van der Waals surface area contributed by atoms with Gasteiger partial charge in [0.1, 0.15) is 5.01 Å². The Morgan fingerprint density at radius 3 is 2.67 bits per heavy atom. The third kappa shape index (κ3) is 3.65. The molecule has 5 nitrogen and oxygen atoms in total. The summed E-state index contributed by atoms with van der Waals surface area (Å²) in [6, 6.07) is 18.2. The normalized spacial score (nSPS) is 11.1. The minimum absolute atomic E-state index is 0.114. The monoisotopic (exact) mass is 430 g/mol. The summed E-state index contributed by atoms with van der Waals surface area (Å²) in [4.78, 5) is 25.1. The van der Waals surface area contributed by atoms with E-state index in [9.17, 15) is 4.79 Å². The van der Waals surface area contributed by atoms with E-state index in [-0.39, 0.29) is 12.3 Å². The number of nitrogens with zero attached hydrogens (tertiary/aromatic N) is 2. The summed E-state index contributed by atoms with van der Waals surface area (Å²) >= 11 is 2.98. The number of thiazole rings is 2. The lowest BCUT2D eigenvalue weighted by Crippen LogP contribution is -2.14. The van der Waals surface area contributed by atoms with E-state index in [1.165, 1.54) is 11.3 Å². The molecule has 3 heterocycles. The molecule has 7 heteroatoms. The van der Waals surface area contributed by atoms with E-state index in [0.717, 1.165) is 44.1 Å². The number of fused-ring (bicyclic) bond motifs is 1. The van der Waals surface area contributed by atoms with E-state index in [1.807, 2.05) is 60.1 Å². The molecule has 0 bridgehead atoms. The average molecular weight is 431 g/mol. The minimum atomic E-state index is -0.114. The van der Waals surface area contributed by atoms with E-state index in [0.29, 0.717) is 5.13 Å². The van der Waals surface area contributed by atoms with Gasteiger partial charge >= 0.3 is 0 Å². The van der Waals surface area contributed by atoms with Crippen LogP contribution in [0.1, 0.15) is 11.4 Å². The molecule has 3 aromatic heterocycles. The second kappa shape index (κ2) is 7.85. The number of carbonyl (C=O) groups excluding carboxylic acids is 1. The highest BCUT2D eigenvalue weighted by atomic mass is 32.1. The third-order valence-electron chi connectivity index (χ3n) is 4.81. The summed E-state index contributed by atoms with van der Waals surface area (Å²) in [5.74, 6) is -0.114. The Bertz CT molecular complexity index is 1330. The average Bonchev–Trinajstić information content (AvgIpc) is 3.47. The third-order valence-corrected chi connectivity index (χ3v) is 6.51. The number of rotatable bonds is 5. The maximum Gasteiger partial charge on any atom is 0.232 e. The van der Waals surface area contributed by atoms with Crippen LogP contribution in [0.4, 0.5) is 5.13 Å². The van der Waals surface area contributed by atoms with Crippen molar-refractivity contribution in [2.75, 3.05) is 5.32 Å². The molecule has 0 aliphatic carbocycles. The SMILES string of the molecule is Cc1[nH]c2ccccc2c1-c1csc(NC(=O)Cc2csc(-c3ccccc3)n2)n1. The molecule has 2 aromatic carbocycles. The van der Waals surface area contributed by atoms with E-state index in [2.05, 4.69) is 32.4 Å². The Labute approximate surface area is 181 Å². The Balaban J connectivity index is 1.30. The van der Waals surface area contributed by atoms with Crippen LogP contribution in [-0.4, -0.2) is 20.9 Å². The first-order chi connectivity index (χ1) is 14.7. The Kier molecular flexibility index (Phi) is 4.90. The zero-order valence-electron chi connectivity index (χ0n) is 16.2. The van der Waals surface area contributed by atoms with Gasteiger partial charge in [-0.2, -0.15) is 0 Å². The van der Waals surface area contributed by atoms with Crippen molar-refractivity contribution in [1.82, 2.24) is 15.0 Å². The maximum atomic E-state index is 12.5. The van der Waals surface area contributed by atoms with Gasteiger partial charge in [0.2, 0.25) is 5.91 Å². The lowest BCUT2D eigenvalue weighted by atomic mass is 10.1. The first-order valence-corrected chi connectivity index (χ1v) is 11.3. The van der Waals surface area contributed by atoms with Crippen molar-refractivity contribution in [3.8, 4) is 21.8 Å². The summed E-state index contributed by atoms with van der Waals surface area (Å²) in [6.45, 7) is 2.04. The summed E-state index contributed by atoms with van der Waals surface area (Å²) in [7, 11) is 0. The number of carbonyl (C=O) groups is 1. The summed E-state index contributed by atoms with van der Waals surface area (Å²) in [6.07, 6.45) is 0.227. The van der Waals surface area contributed by atoms with Crippen LogP contribution in [0, 0.1) is 6.92 Å². The van der Waals surface area contributed by atoms with Gasteiger partial charge < -0.3 is 10.3 Å². The number of aryl methyl sites for hydroxylation is 1.